The summed E-state index contributed by atoms with van der Waals surface area (Å²) in [6, 6.07) is 11.7. The molecular formula is C19H24N4O2. The van der Waals surface area contributed by atoms with E-state index in [2.05, 4.69) is 15.0 Å². The van der Waals surface area contributed by atoms with E-state index in [1.165, 1.54) is 0 Å². The van der Waals surface area contributed by atoms with Gasteiger partial charge in [-0.3, -0.25) is 14.6 Å². The maximum Gasteiger partial charge on any atom is 0.117 e. The Morgan fingerprint density at radius 3 is 2.72 bits per heavy atom. The van der Waals surface area contributed by atoms with Crippen molar-refractivity contribution in [2.75, 3.05) is 6.54 Å². The smallest absolute Gasteiger partial charge is 0.117 e. The maximum absolute atomic E-state index is 10.6. The number of aromatic nitrogens is 3. The summed E-state index contributed by atoms with van der Waals surface area (Å²) in [5, 5.41) is 15.0. The molecule has 25 heavy (non-hydrogen) atoms. The molecule has 0 aliphatic carbocycles. The Morgan fingerprint density at radius 2 is 2.08 bits per heavy atom. The molecule has 6 nitrogen and oxygen atoms in total. The van der Waals surface area contributed by atoms with Crippen LogP contribution < -0.4 is 0 Å². The average molecular weight is 340 g/mol. The van der Waals surface area contributed by atoms with Gasteiger partial charge in [0.25, 0.3) is 0 Å². The zero-order valence-electron chi connectivity index (χ0n) is 14.7. The van der Waals surface area contributed by atoms with Gasteiger partial charge in [0.1, 0.15) is 5.76 Å². The van der Waals surface area contributed by atoms with Gasteiger partial charge in [-0.15, -0.1) is 0 Å². The number of rotatable bonds is 8. The Bertz CT molecular complexity index is 768. The van der Waals surface area contributed by atoms with Gasteiger partial charge in [0.2, 0.25) is 0 Å². The van der Waals surface area contributed by atoms with Crippen molar-refractivity contribution in [3.05, 3.63) is 71.7 Å². The quantitative estimate of drug-likeness (QED) is 0.682. The summed E-state index contributed by atoms with van der Waals surface area (Å²) in [6.07, 6.45) is 2.92. The standard InChI is InChI=1S/C19H24N4O2/c1-15-10-16(2)23(21-15)13-18(24)12-22(14-19-7-5-9-25-19)11-17-6-3-4-8-20-17/h3-10,18,24H,11-14H2,1-2H3. The Balaban J connectivity index is 1.66. The molecule has 0 bridgehead atoms. The third-order valence-corrected chi connectivity index (χ3v) is 4.03. The van der Waals surface area contributed by atoms with Crippen LogP contribution in [-0.4, -0.2) is 37.4 Å². The third kappa shape index (κ3) is 5.01. The molecule has 0 saturated carbocycles. The molecule has 3 aromatic heterocycles. The summed E-state index contributed by atoms with van der Waals surface area (Å²) >= 11 is 0. The van der Waals surface area contributed by atoms with Crippen LogP contribution in [0.2, 0.25) is 0 Å². The van der Waals surface area contributed by atoms with Crippen molar-refractivity contribution in [1.29, 1.82) is 0 Å². The number of pyridine rings is 1. The highest BCUT2D eigenvalue weighted by Crippen LogP contribution is 2.11. The van der Waals surface area contributed by atoms with E-state index in [9.17, 15) is 5.11 Å². The Kier molecular flexibility index (Phi) is 5.63. The van der Waals surface area contributed by atoms with Crippen molar-refractivity contribution in [1.82, 2.24) is 19.7 Å². The second kappa shape index (κ2) is 8.09. The van der Waals surface area contributed by atoms with Gasteiger partial charge in [-0.25, -0.2) is 0 Å². The predicted molar refractivity (Wildman–Crippen MR) is 94.8 cm³/mol. The van der Waals surface area contributed by atoms with Gasteiger partial charge in [-0.05, 0) is 44.2 Å². The first-order valence-electron chi connectivity index (χ1n) is 8.44. The predicted octanol–water partition coefficient (Wildman–Crippen LogP) is 2.55. The first kappa shape index (κ1) is 17.4. The minimum atomic E-state index is -0.531. The van der Waals surface area contributed by atoms with E-state index in [0.717, 1.165) is 22.8 Å². The van der Waals surface area contributed by atoms with E-state index >= 15 is 0 Å². The van der Waals surface area contributed by atoms with Gasteiger partial charge in [-0.1, -0.05) is 6.07 Å². The van der Waals surface area contributed by atoms with Crippen molar-refractivity contribution in [3.63, 3.8) is 0 Å². The fraction of sp³-hybridized carbons (Fsp3) is 0.368. The molecule has 0 radical (unpaired) electrons. The zero-order chi connectivity index (χ0) is 17.6. The molecule has 1 unspecified atom stereocenters. The number of aryl methyl sites for hydroxylation is 2. The SMILES string of the molecule is Cc1cc(C)n(CC(O)CN(Cc2ccccn2)Cc2ccco2)n1. The van der Waals surface area contributed by atoms with Crippen LogP contribution >= 0.6 is 0 Å². The highest BCUT2D eigenvalue weighted by molar-refractivity contribution is 5.07. The molecule has 3 heterocycles. The summed E-state index contributed by atoms with van der Waals surface area (Å²) in [6.45, 7) is 6.21. The van der Waals surface area contributed by atoms with Gasteiger partial charge < -0.3 is 9.52 Å². The van der Waals surface area contributed by atoms with E-state index in [1.54, 1.807) is 12.5 Å². The van der Waals surface area contributed by atoms with Crippen molar-refractivity contribution in [3.8, 4) is 0 Å². The van der Waals surface area contributed by atoms with Crippen LogP contribution in [0.5, 0.6) is 0 Å². The molecule has 3 rings (SSSR count). The maximum atomic E-state index is 10.6. The fourth-order valence-corrected chi connectivity index (χ4v) is 2.94. The first-order chi connectivity index (χ1) is 12.1. The molecule has 0 fully saturated rings. The van der Waals surface area contributed by atoms with Gasteiger partial charge in [-0.2, -0.15) is 5.10 Å². The topological polar surface area (TPSA) is 67.3 Å². The Morgan fingerprint density at radius 1 is 1.20 bits per heavy atom. The highest BCUT2D eigenvalue weighted by atomic mass is 16.3. The lowest BCUT2D eigenvalue weighted by Crippen LogP contribution is -2.34. The van der Waals surface area contributed by atoms with Gasteiger partial charge >= 0.3 is 0 Å². The van der Waals surface area contributed by atoms with Crippen molar-refractivity contribution >= 4 is 0 Å². The van der Waals surface area contributed by atoms with E-state index < -0.39 is 6.10 Å². The third-order valence-electron chi connectivity index (χ3n) is 4.03. The zero-order valence-corrected chi connectivity index (χ0v) is 14.7. The number of aliphatic hydroxyl groups is 1. The molecule has 132 valence electrons. The average Bonchev–Trinajstić information content (AvgIpc) is 3.18. The molecule has 3 aromatic rings. The number of hydrogen-bond acceptors (Lipinski definition) is 5. The van der Waals surface area contributed by atoms with E-state index in [0.29, 0.717) is 26.2 Å². The van der Waals surface area contributed by atoms with E-state index in [1.807, 2.05) is 54.9 Å². The fourth-order valence-electron chi connectivity index (χ4n) is 2.94. The monoisotopic (exact) mass is 340 g/mol. The summed E-state index contributed by atoms with van der Waals surface area (Å²) in [5.74, 6) is 0.870. The minimum Gasteiger partial charge on any atom is -0.468 e. The highest BCUT2D eigenvalue weighted by Gasteiger charge is 2.16. The first-order valence-corrected chi connectivity index (χ1v) is 8.44. The van der Waals surface area contributed by atoms with Crippen LogP contribution in [0.3, 0.4) is 0 Å². The summed E-state index contributed by atoms with van der Waals surface area (Å²) in [4.78, 5) is 6.52. The van der Waals surface area contributed by atoms with E-state index in [4.69, 9.17) is 4.42 Å². The van der Waals surface area contributed by atoms with Crippen LogP contribution in [-0.2, 0) is 19.6 Å². The molecule has 1 N–H and O–H groups in total. The molecule has 1 atom stereocenters. The lowest BCUT2D eigenvalue weighted by molar-refractivity contribution is 0.0833. The second-order valence-electron chi connectivity index (χ2n) is 6.33. The molecule has 0 aliphatic rings. The normalized spacial score (nSPS) is 12.6. The van der Waals surface area contributed by atoms with Crippen LogP contribution in [0.1, 0.15) is 22.8 Å². The second-order valence-corrected chi connectivity index (χ2v) is 6.33. The molecule has 0 aliphatic heterocycles. The van der Waals surface area contributed by atoms with Crippen LogP contribution in [0.15, 0.2) is 53.3 Å². The van der Waals surface area contributed by atoms with Crippen LogP contribution in [0.25, 0.3) is 0 Å². The van der Waals surface area contributed by atoms with Gasteiger partial charge in [0.05, 0.1) is 36.8 Å². The number of aliphatic hydroxyl groups excluding tert-OH is 1. The molecular weight excluding hydrogens is 316 g/mol. The molecule has 0 spiro atoms. The lowest BCUT2D eigenvalue weighted by Gasteiger charge is -2.24. The van der Waals surface area contributed by atoms with Crippen molar-refractivity contribution in [2.45, 2.75) is 39.6 Å². The molecule has 0 amide bonds. The van der Waals surface area contributed by atoms with Crippen LogP contribution in [0.4, 0.5) is 0 Å². The summed E-state index contributed by atoms with van der Waals surface area (Å²) < 4.78 is 7.32. The number of nitrogens with zero attached hydrogens (tertiary/aromatic N) is 4. The molecule has 0 saturated heterocycles. The summed E-state index contributed by atoms with van der Waals surface area (Å²) in [5.41, 5.74) is 2.98. The Labute approximate surface area is 147 Å². The van der Waals surface area contributed by atoms with Gasteiger partial charge in [0.15, 0.2) is 0 Å². The minimum absolute atomic E-state index is 0.469. The largest absolute Gasteiger partial charge is 0.468 e. The van der Waals surface area contributed by atoms with Crippen molar-refractivity contribution in [2.24, 2.45) is 0 Å². The van der Waals surface area contributed by atoms with Crippen LogP contribution in [0, 0.1) is 13.8 Å². The Hall–Kier alpha value is -2.44. The van der Waals surface area contributed by atoms with E-state index in [-0.39, 0.29) is 0 Å². The molecule has 6 heteroatoms. The number of furan rings is 1. The van der Waals surface area contributed by atoms with Crippen molar-refractivity contribution < 1.29 is 9.52 Å². The number of hydrogen-bond donors (Lipinski definition) is 1. The van der Waals surface area contributed by atoms with Gasteiger partial charge in [0, 0.05) is 25.0 Å². The summed E-state index contributed by atoms with van der Waals surface area (Å²) in [7, 11) is 0. The lowest BCUT2D eigenvalue weighted by atomic mass is 10.2. The molecule has 0 aromatic carbocycles.